The molecule has 0 radical (unpaired) electrons. The van der Waals surface area contributed by atoms with E-state index in [0.717, 1.165) is 5.56 Å². The molecular formula is C23H23ClN2O4S. The Balaban J connectivity index is 1.55. The van der Waals surface area contributed by atoms with Crippen LogP contribution in [0.5, 0.6) is 5.75 Å². The zero-order valence-electron chi connectivity index (χ0n) is 17.2. The summed E-state index contributed by atoms with van der Waals surface area (Å²) in [6.07, 6.45) is 0. The highest BCUT2D eigenvalue weighted by atomic mass is 35.5. The van der Waals surface area contributed by atoms with Crippen molar-refractivity contribution in [2.75, 3.05) is 24.5 Å². The van der Waals surface area contributed by atoms with Crippen molar-refractivity contribution in [3.63, 3.8) is 0 Å². The van der Waals surface area contributed by atoms with E-state index in [2.05, 4.69) is 5.32 Å². The molecule has 3 aromatic rings. The van der Waals surface area contributed by atoms with Crippen molar-refractivity contribution < 1.29 is 17.9 Å². The molecule has 0 unspecified atom stereocenters. The average Bonchev–Trinajstić information content (AvgIpc) is 2.79. The van der Waals surface area contributed by atoms with E-state index in [1.165, 1.54) is 11.4 Å². The molecule has 0 bridgehead atoms. The quantitative estimate of drug-likeness (QED) is 0.511. The number of ether oxygens (including phenoxy) is 1. The average molecular weight is 459 g/mol. The van der Waals surface area contributed by atoms with Gasteiger partial charge in [0.15, 0.2) is 0 Å². The second-order valence-electron chi connectivity index (χ2n) is 6.85. The van der Waals surface area contributed by atoms with Crippen LogP contribution in [0.4, 0.5) is 5.69 Å². The molecule has 6 nitrogen and oxygen atoms in total. The molecule has 1 amide bonds. The number of benzene rings is 3. The summed E-state index contributed by atoms with van der Waals surface area (Å²) in [4.78, 5) is 12.5. The fourth-order valence-corrected chi connectivity index (χ4v) is 4.20. The van der Waals surface area contributed by atoms with Gasteiger partial charge in [-0.1, -0.05) is 35.9 Å². The van der Waals surface area contributed by atoms with Crippen LogP contribution in [0, 0.1) is 6.92 Å². The first-order chi connectivity index (χ1) is 14.8. The van der Waals surface area contributed by atoms with Crippen molar-refractivity contribution in [1.82, 2.24) is 5.32 Å². The van der Waals surface area contributed by atoms with E-state index in [-0.39, 0.29) is 10.8 Å². The fourth-order valence-electron chi connectivity index (χ4n) is 2.81. The molecule has 1 N–H and O–H groups in total. The van der Waals surface area contributed by atoms with Crippen molar-refractivity contribution in [3.8, 4) is 5.75 Å². The number of carbonyl (C=O) groups excluding carboxylic acids is 1. The number of nitrogens with one attached hydrogen (secondary N) is 1. The Hall–Kier alpha value is -3.03. The number of sulfonamides is 1. The Labute approximate surface area is 187 Å². The summed E-state index contributed by atoms with van der Waals surface area (Å²) in [6, 6.07) is 20.0. The Morgan fingerprint density at radius 1 is 1.03 bits per heavy atom. The molecule has 0 saturated carbocycles. The first kappa shape index (κ1) is 22.7. The lowest BCUT2D eigenvalue weighted by molar-refractivity contribution is 0.0947. The summed E-state index contributed by atoms with van der Waals surface area (Å²) < 4.78 is 32.2. The molecule has 0 aromatic heterocycles. The van der Waals surface area contributed by atoms with E-state index in [4.69, 9.17) is 16.3 Å². The minimum Gasteiger partial charge on any atom is -0.492 e. The number of hydrogen-bond donors (Lipinski definition) is 1. The number of halogens is 1. The number of carbonyl (C=O) groups is 1. The fraction of sp³-hybridized carbons (Fsp3) is 0.174. The third kappa shape index (κ3) is 5.57. The smallest absolute Gasteiger partial charge is 0.264 e. The predicted molar refractivity (Wildman–Crippen MR) is 122 cm³/mol. The molecule has 0 aliphatic carbocycles. The van der Waals surface area contributed by atoms with E-state index >= 15 is 0 Å². The maximum Gasteiger partial charge on any atom is 0.264 e. The number of hydrogen-bond acceptors (Lipinski definition) is 4. The summed E-state index contributed by atoms with van der Waals surface area (Å²) in [5.41, 5.74) is 1.85. The van der Waals surface area contributed by atoms with Crippen LogP contribution in [0.25, 0.3) is 0 Å². The molecule has 0 aliphatic rings. The number of nitrogens with zero attached hydrogens (tertiary/aromatic N) is 1. The van der Waals surface area contributed by atoms with Crippen LogP contribution in [-0.2, 0) is 10.0 Å². The van der Waals surface area contributed by atoms with E-state index in [1.54, 1.807) is 60.7 Å². The number of amides is 1. The van der Waals surface area contributed by atoms with Gasteiger partial charge in [-0.2, -0.15) is 0 Å². The lowest BCUT2D eigenvalue weighted by Gasteiger charge is -2.19. The van der Waals surface area contributed by atoms with Gasteiger partial charge >= 0.3 is 0 Å². The summed E-state index contributed by atoms with van der Waals surface area (Å²) in [5.74, 6) is 0.363. The summed E-state index contributed by atoms with van der Waals surface area (Å²) >= 11 is 6.06. The van der Waals surface area contributed by atoms with Gasteiger partial charge in [0.25, 0.3) is 15.9 Å². The van der Waals surface area contributed by atoms with Gasteiger partial charge in [0.05, 0.1) is 17.1 Å². The number of aryl methyl sites for hydroxylation is 1. The molecular weight excluding hydrogens is 436 g/mol. The van der Waals surface area contributed by atoms with Gasteiger partial charge in [0, 0.05) is 17.6 Å². The second kappa shape index (κ2) is 9.85. The van der Waals surface area contributed by atoms with Crippen LogP contribution in [0.15, 0.2) is 77.7 Å². The highest BCUT2D eigenvalue weighted by molar-refractivity contribution is 7.92. The van der Waals surface area contributed by atoms with E-state index in [0.29, 0.717) is 35.2 Å². The highest BCUT2D eigenvalue weighted by Crippen LogP contribution is 2.23. The molecule has 162 valence electrons. The Bertz CT molecular complexity index is 1150. The highest BCUT2D eigenvalue weighted by Gasteiger charge is 2.21. The molecule has 3 aromatic carbocycles. The third-order valence-electron chi connectivity index (χ3n) is 4.69. The van der Waals surface area contributed by atoms with Crippen molar-refractivity contribution in [1.29, 1.82) is 0 Å². The van der Waals surface area contributed by atoms with Gasteiger partial charge in [0.1, 0.15) is 12.4 Å². The summed E-state index contributed by atoms with van der Waals surface area (Å²) in [5, 5.41) is 3.40. The Morgan fingerprint density at radius 2 is 1.71 bits per heavy atom. The normalized spacial score (nSPS) is 11.1. The standard InChI is InChI=1S/C23H23ClN2O4S/c1-17-8-13-20(16-22(17)24)30-15-14-25-23(27)18-9-11-19(12-10-18)26(2)31(28,29)21-6-4-3-5-7-21/h3-13,16H,14-15H2,1-2H3,(H,25,27). The zero-order valence-corrected chi connectivity index (χ0v) is 18.8. The van der Waals surface area contributed by atoms with Crippen LogP contribution < -0.4 is 14.4 Å². The van der Waals surface area contributed by atoms with Crippen molar-refractivity contribution >= 4 is 33.2 Å². The van der Waals surface area contributed by atoms with Gasteiger partial charge < -0.3 is 10.1 Å². The zero-order chi connectivity index (χ0) is 22.4. The maximum atomic E-state index is 12.7. The van der Waals surface area contributed by atoms with E-state index in [1.807, 2.05) is 19.1 Å². The Morgan fingerprint density at radius 3 is 2.35 bits per heavy atom. The summed E-state index contributed by atoms with van der Waals surface area (Å²) in [7, 11) is -2.19. The van der Waals surface area contributed by atoms with Crippen molar-refractivity contribution in [3.05, 3.63) is 88.9 Å². The monoisotopic (exact) mass is 458 g/mol. The molecule has 31 heavy (non-hydrogen) atoms. The van der Waals surface area contributed by atoms with Crippen LogP contribution >= 0.6 is 11.6 Å². The van der Waals surface area contributed by atoms with Crippen LogP contribution in [0.2, 0.25) is 5.02 Å². The van der Waals surface area contributed by atoms with Gasteiger partial charge in [-0.05, 0) is 61.0 Å². The van der Waals surface area contributed by atoms with Gasteiger partial charge in [-0.3, -0.25) is 9.10 Å². The molecule has 0 spiro atoms. The van der Waals surface area contributed by atoms with Gasteiger partial charge in [-0.25, -0.2) is 8.42 Å². The van der Waals surface area contributed by atoms with Gasteiger partial charge in [-0.15, -0.1) is 0 Å². The van der Waals surface area contributed by atoms with Crippen molar-refractivity contribution in [2.24, 2.45) is 0 Å². The number of anilines is 1. The molecule has 8 heteroatoms. The first-order valence-corrected chi connectivity index (χ1v) is 11.4. The molecule has 0 heterocycles. The largest absolute Gasteiger partial charge is 0.492 e. The molecule has 0 fully saturated rings. The van der Waals surface area contributed by atoms with E-state index in [9.17, 15) is 13.2 Å². The first-order valence-electron chi connectivity index (χ1n) is 9.60. The SMILES string of the molecule is Cc1ccc(OCCNC(=O)c2ccc(N(C)S(=O)(=O)c3ccccc3)cc2)cc1Cl. The lowest BCUT2D eigenvalue weighted by Crippen LogP contribution is -2.28. The van der Waals surface area contributed by atoms with Crippen LogP contribution in [-0.4, -0.2) is 34.5 Å². The maximum absolute atomic E-state index is 12.7. The lowest BCUT2D eigenvalue weighted by atomic mass is 10.2. The molecule has 0 aliphatic heterocycles. The van der Waals surface area contributed by atoms with E-state index < -0.39 is 10.0 Å². The summed E-state index contributed by atoms with van der Waals surface area (Å²) in [6.45, 7) is 2.52. The minimum absolute atomic E-state index is 0.203. The third-order valence-corrected chi connectivity index (χ3v) is 6.90. The molecule has 0 saturated heterocycles. The minimum atomic E-state index is -3.67. The second-order valence-corrected chi connectivity index (χ2v) is 9.22. The topological polar surface area (TPSA) is 75.7 Å². The Kier molecular flexibility index (Phi) is 7.20. The van der Waals surface area contributed by atoms with Crippen LogP contribution in [0.1, 0.15) is 15.9 Å². The predicted octanol–water partition coefficient (Wildman–Crippen LogP) is 4.28. The number of rotatable bonds is 8. The van der Waals surface area contributed by atoms with Crippen LogP contribution in [0.3, 0.4) is 0 Å². The molecule has 3 rings (SSSR count). The molecule has 0 atom stereocenters. The van der Waals surface area contributed by atoms with Crippen molar-refractivity contribution in [2.45, 2.75) is 11.8 Å². The van der Waals surface area contributed by atoms with Gasteiger partial charge in [0.2, 0.25) is 0 Å².